The molecule has 0 aliphatic heterocycles. The van der Waals surface area contributed by atoms with E-state index in [0.29, 0.717) is 33.3 Å². The van der Waals surface area contributed by atoms with Gasteiger partial charge in [0.1, 0.15) is 5.00 Å². The molecular weight excluding hydrogens is 470 g/mol. The Morgan fingerprint density at radius 2 is 1.65 bits per heavy atom. The summed E-state index contributed by atoms with van der Waals surface area (Å²) >= 11 is 1.26. The van der Waals surface area contributed by atoms with E-state index in [0.717, 1.165) is 5.56 Å². The fraction of sp³-hybridized carbons (Fsp3) is 0.200. The van der Waals surface area contributed by atoms with Crippen LogP contribution in [0.2, 0.25) is 0 Å². The largest absolute Gasteiger partial charge is 0.322 e. The van der Waals surface area contributed by atoms with Gasteiger partial charge in [0, 0.05) is 17.8 Å². The minimum Gasteiger partial charge on any atom is -0.322 e. The van der Waals surface area contributed by atoms with Crippen LogP contribution in [0.5, 0.6) is 0 Å². The van der Waals surface area contributed by atoms with Crippen LogP contribution in [0.15, 0.2) is 72.6 Å². The van der Waals surface area contributed by atoms with E-state index in [1.807, 2.05) is 12.1 Å². The smallest absolute Gasteiger partial charge is 0.258 e. The Kier molecular flexibility index (Phi) is 8.38. The van der Waals surface area contributed by atoms with Crippen LogP contribution in [0.25, 0.3) is 0 Å². The van der Waals surface area contributed by atoms with Crippen molar-refractivity contribution >= 4 is 43.9 Å². The van der Waals surface area contributed by atoms with Gasteiger partial charge in [-0.1, -0.05) is 44.2 Å². The van der Waals surface area contributed by atoms with Crippen LogP contribution in [0.4, 0.5) is 10.7 Å². The number of carbonyl (C=O) groups excluding carboxylic acids is 2. The highest BCUT2D eigenvalue weighted by molar-refractivity contribution is 7.88. The Bertz CT molecular complexity index is 1260. The maximum Gasteiger partial charge on any atom is 0.258 e. The van der Waals surface area contributed by atoms with Crippen molar-refractivity contribution in [2.45, 2.75) is 25.5 Å². The Hall–Kier alpha value is -3.27. The summed E-state index contributed by atoms with van der Waals surface area (Å²) in [6.45, 7) is 7.83. The second-order valence-electron chi connectivity index (χ2n) is 7.94. The first-order chi connectivity index (χ1) is 16.2. The maximum absolute atomic E-state index is 12.8. The lowest BCUT2D eigenvalue weighted by atomic mass is 10.0. The highest BCUT2D eigenvalue weighted by atomic mass is 32.2. The molecule has 7 nitrogen and oxygen atoms in total. The normalized spacial score (nSPS) is 11.3. The van der Waals surface area contributed by atoms with Crippen molar-refractivity contribution in [3.8, 4) is 0 Å². The summed E-state index contributed by atoms with van der Waals surface area (Å²) in [5, 5.41) is 7.78. The average Bonchev–Trinajstić information content (AvgIpc) is 3.27. The van der Waals surface area contributed by atoms with Gasteiger partial charge >= 0.3 is 0 Å². The zero-order valence-corrected chi connectivity index (χ0v) is 20.6. The third kappa shape index (κ3) is 6.86. The monoisotopic (exact) mass is 497 g/mol. The topological polar surface area (TPSA) is 104 Å². The first kappa shape index (κ1) is 25.4. The predicted octanol–water partition coefficient (Wildman–Crippen LogP) is 4.98. The van der Waals surface area contributed by atoms with Crippen molar-refractivity contribution in [1.82, 2.24) is 4.72 Å². The van der Waals surface area contributed by atoms with E-state index in [9.17, 15) is 18.0 Å². The molecule has 2 aromatic carbocycles. The van der Waals surface area contributed by atoms with E-state index in [-0.39, 0.29) is 24.1 Å². The minimum atomic E-state index is -3.46. The molecule has 0 bridgehead atoms. The van der Waals surface area contributed by atoms with E-state index in [1.165, 1.54) is 17.4 Å². The van der Waals surface area contributed by atoms with Crippen molar-refractivity contribution in [3.63, 3.8) is 0 Å². The van der Waals surface area contributed by atoms with Gasteiger partial charge in [-0.3, -0.25) is 9.59 Å². The molecule has 0 spiro atoms. The molecule has 0 aliphatic carbocycles. The fourth-order valence-corrected chi connectivity index (χ4v) is 5.00. The van der Waals surface area contributed by atoms with Gasteiger partial charge < -0.3 is 10.6 Å². The van der Waals surface area contributed by atoms with E-state index in [2.05, 4.69) is 35.8 Å². The molecule has 0 unspecified atom stereocenters. The van der Waals surface area contributed by atoms with Gasteiger partial charge in [0.15, 0.2) is 0 Å². The van der Waals surface area contributed by atoms with E-state index in [4.69, 9.17) is 0 Å². The number of carbonyl (C=O) groups is 2. The molecule has 3 aromatic rings. The average molecular weight is 498 g/mol. The highest BCUT2D eigenvalue weighted by Gasteiger charge is 2.17. The third-order valence-electron chi connectivity index (χ3n) is 4.99. The molecule has 34 heavy (non-hydrogen) atoms. The van der Waals surface area contributed by atoms with Crippen molar-refractivity contribution < 1.29 is 18.0 Å². The van der Waals surface area contributed by atoms with E-state index in [1.54, 1.807) is 47.8 Å². The number of nitrogens with one attached hydrogen (secondary N) is 3. The SMILES string of the molecule is C=CCNS(=O)(=O)Cc1ccc(NC(=O)c2ccsc2NC(=O)c2ccc(C(C)C)cc2)cc1. The second-order valence-corrected chi connectivity index (χ2v) is 10.7. The summed E-state index contributed by atoms with van der Waals surface area (Å²) in [5.74, 6) is -0.465. The van der Waals surface area contributed by atoms with Crippen LogP contribution >= 0.6 is 11.3 Å². The number of hydrogen-bond acceptors (Lipinski definition) is 5. The van der Waals surface area contributed by atoms with Crippen molar-refractivity contribution in [2.75, 3.05) is 17.2 Å². The van der Waals surface area contributed by atoms with Gasteiger partial charge in [-0.25, -0.2) is 13.1 Å². The highest BCUT2D eigenvalue weighted by Crippen LogP contribution is 2.25. The van der Waals surface area contributed by atoms with E-state index < -0.39 is 10.0 Å². The Labute approximate surface area is 204 Å². The van der Waals surface area contributed by atoms with Crippen LogP contribution in [0, 0.1) is 0 Å². The molecule has 0 aliphatic rings. The molecule has 178 valence electrons. The van der Waals surface area contributed by atoms with Gasteiger partial charge in [0.25, 0.3) is 11.8 Å². The number of hydrogen-bond donors (Lipinski definition) is 3. The fourth-order valence-electron chi connectivity index (χ4n) is 3.12. The van der Waals surface area contributed by atoms with Crippen LogP contribution < -0.4 is 15.4 Å². The van der Waals surface area contributed by atoms with Crippen molar-refractivity contribution in [3.05, 3.63) is 94.9 Å². The first-order valence-electron chi connectivity index (χ1n) is 10.7. The zero-order chi connectivity index (χ0) is 24.7. The Balaban J connectivity index is 1.64. The molecule has 0 fully saturated rings. The van der Waals surface area contributed by atoms with Crippen LogP contribution in [0.1, 0.15) is 51.6 Å². The van der Waals surface area contributed by atoms with Crippen LogP contribution in [-0.2, 0) is 15.8 Å². The summed E-state index contributed by atoms with van der Waals surface area (Å²) in [7, 11) is -3.46. The summed E-state index contributed by atoms with van der Waals surface area (Å²) < 4.78 is 26.4. The minimum absolute atomic E-state index is 0.166. The number of anilines is 2. The van der Waals surface area contributed by atoms with Crippen molar-refractivity contribution in [1.29, 1.82) is 0 Å². The van der Waals surface area contributed by atoms with Crippen molar-refractivity contribution in [2.24, 2.45) is 0 Å². The predicted molar refractivity (Wildman–Crippen MR) is 138 cm³/mol. The lowest BCUT2D eigenvalue weighted by Gasteiger charge is -2.10. The second kappa shape index (κ2) is 11.2. The number of amides is 2. The third-order valence-corrected chi connectivity index (χ3v) is 7.14. The van der Waals surface area contributed by atoms with Gasteiger partial charge in [-0.2, -0.15) is 0 Å². The lowest BCUT2D eigenvalue weighted by Crippen LogP contribution is -2.25. The summed E-state index contributed by atoms with van der Waals surface area (Å²) in [6, 6.07) is 15.6. The number of benzene rings is 2. The molecule has 1 heterocycles. The number of rotatable bonds is 10. The quantitative estimate of drug-likeness (QED) is 0.344. The summed E-state index contributed by atoms with van der Waals surface area (Å²) in [6.07, 6.45) is 1.47. The number of thiophene rings is 1. The molecule has 9 heteroatoms. The maximum atomic E-state index is 12.8. The molecule has 1 aromatic heterocycles. The van der Waals surface area contributed by atoms with Gasteiger partial charge in [-0.05, 0) is 52.8 Å². The molecule has 2 amide bonds. The van der Waals surface area contributed by atoms with Crippen LogP contribution in [-0.4, -0.2) is 26.8 Å². The Morgan fingerprint density at radius 1 is 0.971 bits per heavy atom. The first-order valence-corrected chi connectivity index (χ1v) is 13.2. The summed E-state index contributed by atoms with van der Waals surface area (Å²) in [4.78, 5) is 25.4. The zero-order valence-electron chi connectivity index (χ0n) is 19.0. The van der Waals surface area contributed by atoms with Gasteiger partial charge in [-0.15, -0.1) is 17.9 Å². The lowest BCUT2D eigenvalue weighted by molar-refractivity contribution is 0.102. The van der Waals surface area contributed by atoms with Gasteiger partial charge in [0.05, 0.1) is 11.3 Å². The molecule has 0 saturated heterocycles. The molecule has 0 atom stereocenters. The Morgan fingerprint density at radius 3 is 2.26 bits per heavy atom. The molecule has 3 N–H and O–H groups in total. The van der Waals surface area contributed by atoms with Gasteiger partial charge in [0.2, 0.25) is 10.0 Å². The molecule has 3 rings (SSSR count). The molecular formula is C25H27N3O4S2. The van der Waals surface area contributed by atoms with Crippen LogP contribution in [0.3, 0.4) is 0 Å². The molecule has 0 radical (unpaired) electrons. The molecule has 0 saturated carbocycles. The number of sulfonamides is 1. The summed E-state index contributed by atoms with van der Waals surface area (Å²) in [5.41, 5.74) is 3.10. The standard InChI is InChI=1S/C25H27N3O4S2/c1-4-14-26-34(31,32)16-18-5-11-21(12-6-18)27-24(30)22-13-15-33-25(22)28-23(29)20-9-7-19(8-10-20)17(2)3/h4-13,15,17,26H,1,14,16H2,2-3H3,(H,27,30)(H,28,29). The van der Waals surface area contributed by atoms with E-state index >= 15 is 0 Å².